The first-order valence-corrected chi connectivity index (χ1v) is 4.08. The molecule has 0 saturated carbocycles. The van der Waals surface area contributed by atoms with Gasteiger partial charge in [0, 0.05) is 26.6 Å². The zero-order valence-electron chi connectivity index (χ0n) is 7.19. The molecule has 0 N–H and O–H groups in total. The van der Waals surface area contributed by atoms with Crippen LogP contribution in [0.5, 0.6) is 0 Å². The van der Waals surface area contributed by atoms with E-state index in [4.69, 9.17) is 0 Å². The van der Waals surface area contributed by atoms with E-state index < -0.39 is 0 Å². The molecule has 0 radical (unpaired) electrons. The summed E-state index contributed by atoms with van der Waals surface area (Å²) in [7, 11) is 0. The van der Waals surface area contributed by atoms with Crippen LogP contribution in [0.4, 0.5) is 0 Å². The van der Waals surface area contributed by atoms with Gasteiger partial charge in [0.2, 0.25) is 5.91 Å². The van der Waals surface area contributed by atoms with E-state index in [2.05, 4.69) is 5.29 Å². The molecule has 0 aromatic heterocycles. The highest BCUT2D eigenvalue weighted by atomic mass is 16.3. The van der Waals surface area contributed by atoms with Gasteiger partial charge in [-0.05, 0) is 6.42 Å². The van der Waals surface area contributed by atoms with Crippen molar-refractivity contribution in [3.05, 3.63) is 4.91 Å². The number of amides is 1. The van der Waals surface area contributed by atoms with Gasteiger partial charge in [-0.15, -0.1) is 4.91 Å². The summed E-state index contributed by atoms with van der Waals surface area (Å²) in [6, 6.07) is 0. The van der Waals surface area contributed by atoms with Crippen LogP contribution in [0.2, 0.25) is 0 Å². The molecule has 0 spiro atoms. The molecular weight excluding hydrogens is 158 g/mol. The summed E-state index contributed by atoms with van der Waals surface area (Å²) in [6.07, 6.45) is 0.825. The summed E-state index contributed by atoms with van der Waals surface area (Å²) in [5.74, 6) is 0.0720. The monoisotopic (exact) mass is 171 g/mol. The molecule has 1 saturated heterocycles. The molecule has 0 bridgehead atoms. The van der Waals surface area contributed by atoms with E-state index in [-0.39, 0.29) is 5.91 Å². The van der Waals surface area contributed by atoms with E-state index in [0.29, 0.717) is 19.6 Å². The second-order valence-corrected chi connectivity index (χ2v) is 2.89. The molecule has 0 atom stereocenters. The molecule has 1 aliphatic heterocycles. The van der Waals surface area contributed by atoms with Crippen LogP contribution < -0.4 is 0 Å². The maximum Gasteiger partial charge on any atom is 0.219 e. The fourth-order valence-corrected chi connectivity index (χ4v) is 1.30. The maximum absolute atomic E-state index is 10.9. The molecule has 1 heterocycles. The lowest BCUT2D eigenvalue weighted by molar-refractivity contribution is -0.128. The van der Waals surface area contributed by atoms with Crippen LogP contribution in [0.15, 0.2) is 5.29 Å². The van der Waals surface area contributed by atoms with Crippen molar-refractivity contribution < 1.29 is 4.79 Å². The van der Waals surface area contributed by atoms with Gasteiger partial charge in [0.15, 0.2) is 0 Å². The molecule has 5 nitrogen and oxygen atoms in total. The minimum atomic E-state index is 0.0720. The van der Waals surface area contributed by atoms with Crippen molar-refractivity contribution in [2.24, 2.45) is 5.29 Å². The average molecular weight is 171 g/mol. The molecule has 0 aromatic rings. The Morgan fingerprint density at radius 3 is 2.58 bits per heavy atom. The molecule has 5 heteroatoms. The molecule has 1 rings (SSSR count). The van der Waals surface area contributed by atoms with Gasteiger partial charge in [0.05, 0.1) is 11.8 Å². The van der Waals surface area contributed by atoms with Gasteiger partial charge in [-0.1, -0.05) is 0 Å². The standard InChI is InChI=1S/C7H13N3O2/c1-7(11)9-3-2-4-10(8-12)6-5-9/h2-6H2,1H3. The van der Waals surface area contributed by atoms with Crippen molar-refractivity contribution in [3.8, 4) is 0 Å². The maximum atomic E-state index is 10.9. The topological polar surface area (TPSA) is 53.0 Å². The second-order valence-electron chi connectivity index (χ2n) is 2.89. The van der Waals surface area contributed by atoms with Crippen LogP contribution in [0, 0.1) is 4.91 Å². The molecule has 0 aliphatic carbocycles. The Morgan fingerprint density at radius 2 is 2.00 bits per heavy atom. The number of nitrogens with zero attached hydrogens (tertiary/aromatic N) is 3. The number of carbonyl (C=O) groups excluding carboxylic acids is 1. The summed E-state index contributed by atoms with van der Waals surface area (Å²) in [5, 5.41) is 4.31. The van der Waals surface area contributed by atoms with Crippen LogP contribution >= 0.6 is 0 Å². The SMILES string of the molecule is CC(=O)N1CCCN(N=O)CC1. The predicted molar refractivity (Wildman–Crippen MR) is 44.2 cm³/mol. The van der Waals surface area contributed by atoms with E-state index in [9.17, 15) is 9.70 Å². The third-order valence-corrected chi connectivity index (χ3v) is 2.03. The van der Waals surface area contributed by atoms with Crippen molar-refractivity contribution in [2.45, 2.75) is 13.3 Å². The minimum Gasteiger partial charge on any atom is -0.341 e. The molecule has 1 fully saturated rings. The summed E-state index contributed by atoms with van der Waals surface area (Å²) in [4.78, 5) is 22.8. The molecule has 12 heavy (non-hydrogen) atoms. The van der Waals surface area contributed by atoms with Gasteiger partial charge in [0.1, 0.15) is 0 Å². The van der Waals surface area contributed by atoms with Gasteiger partial charge in [-0.25, -0.2) is 0 Å². The van der Waals surface area contributed by atoms with Crippen LogP contribution in [0.25, 0.3) is 0 Å². The highest BCUT2D eigenvalue weighted by Crippen LogP contribution is 2.02. The smallest absolute Gasteiger partial charge is 0.219 e. The van der Waals surface area contributed by atoms with E-state index >= 15 is 0 Å². The summed E-state index contributed by atoms with van der Waals surface area (Å²) < 4.78 is 0. The van der Waals surface area contributed by atoms with E-state index in [1.165, 1.54) is 5.01 Å². The van der Waals surface area contributed by atoms with Gasteiger partial charge in [-0.3, -0.25) is 9.80 Å². The number of rotatable bonds is 1. The molecule has 1 aliphatic rings. The Balaban J connectivity index is 2.44. The van der Waals surface area contributed by atoms with Gasteiger partial charge in [0.25, 0.3) is 0 Å². The fourth-order valence-electron chi connectivity index (χ4n) is 1.30. The van der Waals surface area contributed by atoms with Gasteiger partial charge >= 0.3 is 0 Å². The Kier molecular flexibility index (Phi) is 3.01. The predicted octanol–water partition coefficient (Wildman–Crippen LogP) is 0.222. The quantitative estimate of drug-likeness (QED) is 0.530. The van der Waals surface area contributed by atoms with E-state index in [1.807, 2.05) is 0 Å². The van der Waals surface area contributed by atoms with Crippen LogP contribution in [0.3, 0.4) is 0 Å². The highest BCUT2D eigenvalue weighted by Gasteiger charge is 2.15. The number of hydrogen-bond acceptors (Lipinski definition) is 3. The highest BCUT2D eigenvalue weighted by molar-refractivity contribution is 5.73. The van der Waals surface area contributed by atoms with Crippen molar-refractivity contribution in [1.82, 2.24) is 9.91 Å². The lowest BCUT2D eigenvalue weighted by Gasteiger charge is -2.17. The van der Waals surface area contributed by atoms with E-state index in [0.717, 1.165) is 13.0 Å². The Bertz CT molecular complexity index is 183. The number of hydrogen-bond donors (Lipinski definition) is 0. The first-order valence-electron chi connectivity index (χ1n) is 4.08. The number of nitroso groups, excluding NO2 is 1. The largest absolute Gasteiger partial charge is 0.341 e. The third-order valence-electron chi connectivity index (χ3n) is 2.03. The molecule has 1 amide bonds. The van der Waals surface area contributed by atoms with Gasteiger partial charge < -0.3 is 4.90 Å². The van der Waals surface area contributed by atoms with Crippen LogP contribution in [-0.4, -0.2) is 42.0 Å². The van der Waals surface area contributed by atoms with Gasteiger partial charge in [-0.2, -0.15) is 0 Å². The lowest BCUT2D eigenvalue weighted by atomic mass is 10.4. The Labute approximate surface area is 71.3 Å². The normalized spacial score (nSPS) is 18.8. The fraction of sp³-hybridized carbons (Fsp3) is 0.857. The van der Waals surface area contributed by atoms with Crippen molar-refractivity contribution in [3.63, 3.8) is 0 Å². The Morgan fingerprint density at radius 1 is 1.25 bits per heavy atom. The molecule has 0 unspecified atom stereocenters. The third kappa shape index (κ3) is 2.18. The van der Waals surface area contributed by atoms with Crippen molar-refractivity contribution >= 4 is 5.91 Å². The molecule has 68 valence electrons. The van der Waals surface area contributed by atoms with Crippen molar-refractivity contribution in [2.75, 3.05) is 26.2 Å². The van der Waals surface area contributed by atoms with Crippen molar-refractivity contribution in [1.29, 1.82) is 0 Å². The summed E-state index contributed by atoms with van der Waals surface area (Å²) in [5.41, 5.74) is 0. The van der Waals surface area contributed by atoms with Crippen LogP contribution in [-0.2, 0) is 4.79 Å². The lowest BCUT2D eigenvalue weighted by Crippen LogP contribution is -2.32. The number of carbonyl (C=O) groups is 1. The second kappa shape index (κ2) is 4.04. The molecule has 0 aromatic carbocycles. The zero-order chi connectivity index (χ0) is 8.97. The zero-order valence-corrected chi connectivity index (χ0v) is 7.19. The van der Waals surface area contributed by atoms with E-state index in [1.54, 1.807) is 11.8 Å². The molecular formula is C7H13N3O2. The average Bonchev–Trinajstić information content (AvgIpc) is 2.28. The first kappa shape index (κ1) is 8.96. The Hall–Kier alpha value is -1.13. The van der Waals surface area contributed by atoms with Crippen LogP contribution in [0.1, 0.15) is 13.3 Å². The summed E-state index contributed by atoms with van der Waals surface area (Å²) >= 11 is 0. The first-order chi connectivity index (χ1) is 5.74. The minimum absolute atomic E-state index is 0.0720. The summed E-state index contributed by atoms with van der Waals surface area (Å²) in [6.45, 7) is 4.11.